The molecular weight excluding hydrogens is 647 g/mol. The molecule has 10 rings (SSSR count). The topological polar surface area (TPSA) is 56.0 Å². The summed E-state index contributed by atoms with van der Waals surface area (Å²) in [6.45, 7) is 0. The van der Waals surface area contributed by atoms with Crippen LogP contribution in [0.3, 0.4) is 0 Å². The fraction of sp³-hybridized carbons (Fsp3) is 0. The van der Waals surface area contributed by atoms with E-state index in [4.69, 9.17) is 19.9 Å². The monoisotopic (exact) mass is 675 g/mol. The predicted molar refractivity (Wildman–Crippen MR) is 214 cm³/mol. The molecule has 0 aliphatic rings. The van der Waals surface area contributed by atoms with Crippen molar-refractivity contribution in [2.45, 2.75) is 0 Å². The lowest BCUT2D eigenvalue weighted by Gasteiger charge is -2.17. The molecule has 6 aromatic carbocycles. The number of para-hydroxylation sites is 1. The van der Waals surface area contributed by atoms with Gasteiger partial charge in [0.1, 0.15) is 11.2 Å². The molecule has 0 N–H and O–H groups in total. The number of hydrogen-bond donors (Lipinski definition) is 0. The Morgan fingerprint density at radius 3 is 1.81 bits per heavy atom. The molecular formula is C48H29N5. The summed E-state index contributed by atoms with van der Waals surface area (Å²) in [6.07, 6.45) is 2.06. The second kappa shape index (κ2) is 12.7. The van der Waals surface area contributed by atoms with Crippen LogP contribution in [0.1, 0.15) is 0 Å². The molecule has 53 heavy (non-hydrogen) atoms. The van der Waals surface area contributed by atoms with Crippen LogP contribution in [0.4, 0.5) is 0 Å². The van der Waals surface area contributed by atoms with Gasteiger partial charge in [-0.05, 0) is 53.1 Å². The minimum absolute atomic E-state index is 0.584. The Hall–Kier alpha value is -7.42. The van der Waals surface area contributed by atoms with Gasteiger partial charge in [-0.15, -0.1) is 0 Å². The molecule has 0 unspecified atom stereocenters. The number of nitrogens with zero attached hydrogens (tertiary/aromatic N) is 5. The SMILES string of the molecule is c1cc(-c2ccccc2)cc(-c2nc(-c3ccccc3)c(-c3cccc(-c4nc5ccccc5c5nc6ccccn6c45)c3)c(-c3ccccc3)n2)c#1. The highest BCUT2D eigenvalue weighted by Gasteiger charge is 2.22. The van der Waals surface area contributed by atoms with E-state index in [0.717, 1.165) is 89.2 Å². The first-order chi connectivity index (χ1) is 26.3. The molecule has 246 valence electrons. The molecule has 0 radical (unpaired) electrons. The third-order valence-corrected chi connectivity index (χ3v) is 9.66. The van der Waals surface area contributed by atoms with Gasteiger partial charge < -0.3 is 0 Å². The Morgan fingerprint density at radius 1 is 0.453 bits per heavy atom. The van der Waals surface area contributed by atoms with E-state index in [1.165, 1.54) is 0 Å². The number of hydrogen-bond acceptors (Lipinski definition) is 4. The van der Waals surface area contributed by atoms with Gasteiger partial charge in [0.15, 0.2) is 5.82 Å². The van der Waals surface area contributed by atoms with Crippen LogP contribution in [0.15, 0.2) is 176 Å². The van der Waals surface area contributed by atoms with Gasteiger partial charge in [-0.25, -0.2) is 19.9 Å². The minimum Gasteiger partial charge on any atom is -0.298 e. The number of aromatic nitrogens is 5. The maximum atomic E-state index is 5.34. The molecule has 5 heteroatoms. The molecule has 5 nitrogen and oxygen atoms in total. The van der Waals surface area contributed by atoms with Crippen molar-refractivity contribution in [1.82, 2.24) is 24.3 Å². The fourth-order valence-electron chi connectivity index (χ4n) is 7.18. The third-order valence-electron chi connectivity index (χ3n) is 9.66. The Balaban J connectivity index is 1.24. The third kappa shape index (κ3) is 5.38. The van der Waals surface area contributed by atoms with Crippen molar-refractivity contribution in [3.63, 3.8) is 0 Å². The zero-order valence-electron chi connectivity index (χ0n) is 28.5. The summed E-state index contributed by atoms with van der Waals surface area (Å²) in [5.74, 6) is 0.584. The summed E-state index contributed by atoms with van der Waals surface area (Å²) in [5, 5.41) is 1.03. The van der Waals surface area contributed by atoms with Crippen LogP contribution in [0.25, 0.3) is 95.0 Å². The number of pyridine rings is 2. The molecule has 0 fully saturated rings. The predicted octanol–water partition coefficient (Wildman–Crippen LogP) is 11.4. The van der Waals surface area contributed by atoms with Crippen LogP contribution in [0, 0.1) is 12.1 Å². The van der Waals surface area contributed by atoms with Crippen LogP contribution in [0.2, 0.25) is 0 Å². The summed E-state index contributed by atoms with van der Waals surface area (Å²) in [7, 11) is 0. The average Bonchev–Trinajstić information content (AvgIpc) is 3.64. The van der Waals surface area contributed by atoms with E-state index in [1.807, 2.05) is 66.7 Å². The van der Waals surface area contributed by atoms with Gasteiger partial charge in [0.25, 0.3) is 0 Å². The zero-order chi connectivity index (χ0) is 35.1. The van der Waals surface area contributed by atoms with Gasteiger partial charge >= 0.3 is 0 Å². The summed E-state index contributed by atoms with van der Waals surface area (Å²) >= 11 is 0. The molecule has 0 aliphatic heterocycles. The first kappa shape index (κ1) is 30.4. The molecule has 0 saturated carbocycles. The largest absolute Gasteiger partial charge is 0.298 e. The van der Waals surface area contributed by atoms with Crippen LogP contribution in [-0.2, 0) is 0 Å². The molecule has 10 aromatic rings. The van der Waals surface area contributed by atoms with Gasteiger partial charge in [0.05, 0.1) is 33.7 Å². The summed E-state index contributed by atoms with van der Waals surface area (Å²) in [6, 6.07) is 64.5. The van der Waals surface area contributed by atoms with Gasteiger partial charge in [-0.2, -0.15) is 0 Å². The summed E-state index contributed by atoms with van der Waals surface area (Å²) in [5.41, 5.74) is 14.0. The number of rotatable bonds is 6. The average molecular weight is 676 g/mol. The quantitative estimate of drug-likeness (QED) is 0.176. The van der Waals surface area contributed by atoms with Gasteiger partial charge in [0.2, 0.25) is 0 Å². The molecule has 4 aromatic heterocycles. The van der Waals surface area contributed by atoms with Crippen molar-refractivity contribution in [2.75, 3.05) is 0 Å². The van der Waals surface area contributed by atoms with Crippen molar-refractivity contribution in [3.05, 3.63) is 188 Å². The van der Waals surface area contributed by atoms with E-state index < -0.39 is 0 Å². The van der Waals surface area contributed by atoms with E-state index in [9.17, 15) is 0 Å². The van der Waals surface area contributed by atoms with Crippen LogP contribution >= 0.6 is 0 Å². The maximum Gasteiger partial charge on any atom is 0.169 e. The van der Waals surface area contributed by atoms with E-state index >= 15 is 0 Å². The van der Waals surface area contributed by atoms with Crippen molar-refractivity contribution in [2.24, 2.45) is 0 Å². The number of benzene rings is 5. The first-order valence-corrected chi connectivity index (χ1v) is 17.6. The second-order valence-corrected chi connectivity index (χ2v) is 12.9. The second-order valence-electron chi connectivity index (χ2n) is 12.9. The Labute approximate surface area is 306 Å². The summed E-state index contributed by atoms with van der Waals surface area (Å²) < 4.78 is 2.14. The Morgan fingerprint density at radius 2 is 1.08 bits per heavy atom. The molecule has 0 amide bonds. The lowest BCUT2D eigenvalue weighted by molar-refractivity contribution is 1.19. The van der Waals surface area contributed by atoms with E-state index in [1.54, 1.807) is 0 Å². The normalized spacial score (nSPS) is 11.2. The van der Waals surface area contributed by atoms with Crippen molar-refractivity contribution in [1.29, 1.82) is 0 Å². The number of imidazole rings is 1. The fourth-order valence-corrected chi connectivity index (χ4v) is 7.18. The lowest BCUT2D eigenvalue weighted by Crippen LogP contribution is -2.01. The van der Waals surface area contributed by atoms with Crippen molar-refractivity contribution < 1.29 is 0 Å². The first-order valence-electron chi connectivity index (χ1n) is 17.6. The molecule has 4 heterocycles. The highest BCUT2D eigenvalue weighted by molar-refractivity contribution is 6.09. The highest BCUT2D eigenvalue weighted by Crippen LogP contribution is 2.42. The van der Waals surface area contributed by atoms with E-state index in [-0.39, 0.29) is 0 Å². The van der Waals surface area contributed by atoms with Gasteiger partial charge in [-0.3, -0.25) is 4.40 Å². The smallest absolute Gasteiger partial charge is 0.169 e. The molecule has 0 bridgehead atoms. The van der Waals surface area contributed by atoms with Crippen LogP contribution in [0.5, 0.6) is 0 Å². The van der Waals surface area contributed by atoms with Crippen molar-refractivity contribution >= 4 is 27.6 Å². The summed E-state index contributed by atoms with van der Waals surface area (Å²) in [4.78, 5) is 21.0. The number of fused-ring (bicyclic) bond motifs is 5. The lowest BCUT2D eigenvalue weighted by atomic mass is 9.92. The Kier molecular flexibility index (Phi) is 7.30. The molecule has 0 atom stereocenters. The maximum absolute atomic E-state index is 5.34. The van der Waals surface area contributed by atoms with Crippen LogP contribution < -0.4 is 0 Å². The van der Waals surface area contributed by atoms with E-state index in [0.29, 0.717) is 5.82 Å². The minimum atomic E-state index is 0.584. The molecule has 0 spiro atoms. The molecule has 0 aliphatic carbocycles. The van der Waals surface area contributed by atoms with E-state index in [2.05, 4.69) is 126 Å². The standard InChI is InChI=1S/C48H29N5/c1-4-16-32(17-5-1)35-22-14-25-38(30-35)48-51-43(33-18-6-2-7-19-33)42(44(52-48)34-20-8-3-9-21-34)36-23-15-24-37(31-36)45-47-46(39-26-10-11-27-40(39)49-45)50-41-28-12-13-29-53(41)47/h1-13,15-24,26-31H. The Bertz CT molecular complexity index is 2870. The van der Waals surface area contributed by atoms with Crippen LogP contribution in [-0.4, -0.2) is 24.3 Å². The van der Waals surface area contributed by atoms with Crippen molar-refractivity contribution in [3.8, 4) is 67.4 Å². The van der Waals surface area contributed by atoms with Gasteiger partial charge in [-0.1, -0.05) is 146 Å². The zero-order valence-corrected chi connectivity index (χ0v) is 28.5. The highest BCUT2D eigenvalue weighted by atomic mass is 15.0. The van der Waals surface area contributed by atoms with Gasteiger partial charge in [0, 0.05) is 33.8 Å². The molecule has 0 saturated heterocycles.